The van der Waals surface area contributed by atoms with E-state index < -0.39 is 17.7 Å². The Morgan fingerprint density at radius 1 is 1.22 bits per heavy atom. The maximum atomic E-state index is 13.1. The van der Waals surface area contributed by atoms with Gasteiger partial charge in [0, 0.05) is 31.2 Å². The molecule has 3 aliphatic carbocycles. The molecule has 0 radical (unpaired) electrons. The SMILES string of the molecule is CCC(N1C[C@H](C)N(C(=O)O)C[C@H]1C)C12CC(C(F)(F)F)(C1)C2. The summed E-state index contributed by atoms with van der Waals surface area (Å²) in [5.41, 5.74) is -1.62. The van der Waals surface area contributed by atoms with Crippen LogP contribution in [0.4, 0.5) is 18.0 Å². The number of alkyl halides is 3. The number of hydrogen-bond donors (Lipinski definition) is 1. The quantitative estimate of drug-likeness (QED) is 0.858. The molecule has 1 saturated heterocycles. The third kappa shape index (κ3) is 2.26. The number of halogens is 3. The van der Waals surface area contributed by atoms with Gasteiger partial charge in [-0.05, 0) is 44.9 Å². The van der Waals surface area contributed by atoms with Crippen molar-refractivity contribution in [2.45, 2.75) is 70.8 Å². The Morgan fingerprint density at radius 2 is 1.78 bits per heavy atom. The lowest BCUT2D eigenvalue weighted by Crippen LogP contribution is -2.76. The first-order valence-electron chi connectivity index (χ1n) is 8.37. The first kappa shape index (κ1) is 16.9. The molecule has 0 aromatic rings. The molecular weight excluding hydrogens is 309 g/mol. The molecule has 1 heterocycles. The summed E-state index contributed by atoms with van der Waals surface area (Å²) in [7, 11) is 0. The van der Waals surface area contributed by atoms with Gasteiger partial charge in [0.05, 0.1) is 5.41 Å². The van der Waals surface area contributed by atoms with Gasteiger partial charge in [-0.2, -0.15) is 13.2 Å². The number of rotatable bonds is 3. The zero-order valence-electron chi connectivity index (χ0n) is 13.9. The van der Waals surface area contributed by atoms with Gasteiger partial charge in [-0.25, -0.2) is 4.79 Å². The highest BCUT2D eigenvalue weighted by atomic mass is 19.4. The van der Waals surface area contributed by atoms with E-state index in [1.165, 1.54) is 4.90 Å². The summed E-state index contributed by atoms with van der Waals surface area (Å²) >= 11 is 0. The molecule has 23 heavy (non-hydrogen) atoms. The summed E-state index contributed by atoms with van der Waals surface area (Å²) in [6, 6.07) is 0.0462. The second kappa shape index (κ2) is 5.01. The smallest absolute Gasteiger partial charge is 0.407 e. The van der Waals surface area contributed by atoms with Crippen molar-refractivity contribution in [2.75, 3.05) is 13.1 Å². The molecule has 2 bridgehead atoms. The van der Waals surface area contributed by atoms with Crippen molar-refractivity contribution in [3.05, 3.63) is 0 Å². The topological polar surface area (TPSA) is 43.8 Å². The summed E-state index contributed by atoms with van der Waals surface area (Å²) < 4.78 is 39.3. The van der Waals surface area contributed by atoms with Gasteiger partial charge in [-0.3, -0.25) is 4.90 Å². The minimum atomic E-state index is -4.08. The van der Waals surface area contributed by atoms with Crippen LogP contribution in [0, 0.1) is 10.8 Å². The average Bonchev–Trinajstić information content (AvgIpc) is 2.32. The zero-order valence-corrected chi connectivity index (χ0v) is 13.9. The van der Waals surface area contributed by atoms with E-state index >= 15 is 0 Å². The highest BCUT2D eigenvalue weighted by molar-refractivity contribution is 5.65. The fraction of sp³-hybridized carbons (Fsp3) is 0.938. The summed E-state index contributed by atoms with van der Waals surface area (Å²) in [6.45, 7) is 6.92. The number of amides is 1. The van der Waals surface area contributed by atoms with Crippen LogP contribution >= 0.6 is 0 Å². The second-order valence-electron chi connectivity index (χ2n) is 7.92. The standard InChI is InChI=1S/C16H25F3N2O2/c1-4-12(14-7-15(8-14,9-14)16(17,18)19)20-5-11(3)21(13(22)23)6-10(20)2/h10-12H,4-9H2,1-3H3,(H,22,23)/t10-,11+,12?,14?,15?/m1/s1. The lowest BCUT2D eigenvalue weighted by molar-refractivity contribution is -0.377. The molecular formula is C16H25F3N2O2. The van der Waals surface area contributed by atoms with Crippen LogP contribution < -0.4 is 0 Å². The number of carbonyl (C=O) groups is 1. The van der Waals surface area contributed by atoms with E-state index in [4.69, 9.17) is 0 Å². The molecule has 4 rings (SSSR count). The molecule has 7 heteroatoms. The van der Waals surface area contributed by atoms with Crippen LogP contribution in [0.5, 0.6) is 0 Å². The molecule has 0 aromatic heterocycles. The van der Waals surface area contributed by atoms with Gasteiger partial charge in [0.1, 0.15) is 0 Å². The van der Waals surface area contributed by atoms with Crippen molar-refractivity contribution in [3.63, 3.8) is 0 Å². The Hall–Kier alpha value is -0.980. The van der Waals surface area contributed by atoms with Crippen molar-refractivity contribution in [3.8, 4) is 0 Å². The molecule has 1 aliphatic heterocycles. The van der Waals surface area contributed by atoms with Crippen LogP contribution in [-0.2, 0) is 0 Å². The van der Waals surface area contributed by atoms with Crippen molar-refractivity contribution in [2.24, 2.45) is 10.8 Å². The highest BCUT2D eigenvalue weighted by Crippen LogP contribution is 2.80. The molecule has 132 valence electrons. The van der Waals surface area contributed by atoms with Crippen LogP contribution in [0.2, 0.25) is 0 Å². The first-order valence-corrected chi connectivity index (χ1v) is 8.37. The number of piperazine rings is 1. The van der Waals surface area contributed by atoms with Gasteiger partial charge in [0.2, 0.25) is 0 Å². The predicted molar refractivity (Wildman–Crippen MR) is 79.2 cm³/mol. The molecule has 0 aromatic carbocycles. The van der Waals surface area contributed by atoms with Crippen molar-refractivity contribution >= 4 is 6.09 Å². The molecule has 4 nitrogen and oxygen atoms in total. The first-order chi connectivity index (χ1) is 10.6. The van der Waals surface area contributed by atoms with Gasteiger partial charge < -0.3 is 10.0 Å². The summed E-state index contributed by atoms with van der Waals surface area (Å²) in [6.07, 6.45) is -3.42. The maximum absolute atomic E-state index is 13.1. The van der Waals surface area contributed by atoms with E-state index in [-0.39, 0.29) is 42.8 Å². The van der Waals surface area contributed by atoms with E-state index in [1.807, 2.05) is 20.8 Å². The van der Waals surface area contributed by atoms with E-state index in [9.17, 15) is 23.1 Å². The van der Waals surface area contributed by atoms with Crippen molar-refractivity contribution in [1.29, 1.82) is 0 Å². The van der Waals surface area contributed by atoms with E-state index in [1.54, 1.807) is 0 Å². The third-order valence-electron chi connectivity index (χ3n) is 6.45. The molecule has 0 spiro atoms. The largest absolute Gasteiger partial charge is 0.465 e. The van der Waals surface area contributed by atoms with E-state index in [0.29, 0.717) is 13.1 Å². The average molecular weight is 334 g/mol. The normalized spacial score (nSPS) is 41.9. The van der Waals surface area contributed by atoms with Crippen LogP contribution in [0.25, 0.3) is 0 Å². The number of carboxylic acid groups (broad SMARTS) is 1. The van der Waals surface area contributed by atoms with E-state index in [2.05, 4.69) is 4.90 Å². The summed E-state index contributed by atoms with van der Waals surface area (Å²) in [5, 5.41) is 9.24. The molecule has 3 atom stereocenters. The monoisotopic (exact) mass is 334 g/mol. The highest BCUT2D eigenvalue weighted by Gasteiger charge is 2.80. The Bertz CT molecular complexity index is 488. The lowest BCUT2D eigenvalue weighted by atomic mass is 9.32. The minimum Gasteiger partial charge on any atom is -0.465 e. The van der Waals surface area contributed by atoms with Gasteiger partial charge >= 0.3 is 12.3 Å². The molecule has 3 saturated carbocycles. The van der Waals surface area contributed by atoms with Crippen LogP contribution in [0.15, 0.2) is 0 Å². The lowest BCUT2D eigenvalue weighted by Gasteiger charge is -2.74. The third-order valence-corrected chi connectivity index (χ3v) is 6.45. The predicted octanol–water partition coefficient (Wildman–Crippen LogP) is 3.57. The van der Waals surface area contributed by atoms with Gasteiger partial charge in [0.15, 0.2) is 0 Å². The second-order valence-corrected chi connectivity index (χ2v) is 7.92. The number of nitrogens with zero attached hydrogens (tertiary/aromatic N) is 2. The van der Waals surface area contributed by atoms with Crippen molar-refractivity contribution in [1.82, 2.24) is 9.80 Å². The number of hydrogen-bond acceptors (Lipinski definition) is 2. The Kier molecular flexibility index (Phi) is 3.67. The van der Waals surface area contributed by atoms with Crippen LogP contribution in [0.3, 0.4) is 0 Å². The molecule has 1 N–H and O–H groups in total. The molecule has 4 fully saturated rings. The van der Waals surface area contributed by atoms with Crippen LogP contribution in [-0.4, -0.2) is 58.4 Å². The van der Waals surface area contributed by atoms with Gasteiger partial charge in [0.25, 0.3) is 0 Å². The van der Waals surface area contributed by atoms with Crippen LogP contribution in [0.1, 0.15) is 46.5 Å². The van der Waals surface area contributed by atoms with Crippen molar-refractivity contribution < 1.29 is 23.1 Å². The molecule has 4 aliphatic rings. The Labute approximate surface area is 134 Å². The molecule has 1 unspecified atom stereocenters. The van der Waals surface area contributed by atoms with Gasteiger partial charge in [-0.1, -0.05) is 6.92 Å². The maximum Gasteiger partial charge on any atom is 0.407 e. The van der Waals surface area contributed by atoms with E-state index in [0.717, 1.165) is 6.42 Å². The summed E-state index contributed by atoms with van der Waals surface area (Å²) in [5.74, 6) is 0. The molecule has 1 amide bonds. The fourth-order valence-corrected chi connectivity index (χ4v) is 5.39. The fourth-order valence-electron chi connectivity index (χ4n) is 5.39. The zero-order chi connectivity index (χ0) is 17.2. The minimum absolute atomic E-state index is 0.0445. The summed E-state index contributed by atoms with van der Waals surface area (Å²) in [4.78, 5) is 15.0. The van der Waals surface area contributed by atoms with Gasteiger partial charge in [-0.15, -0.1) is 0 Å². The Balaban J connectivity index is 1.71. The Morgan fingerprint density at radius 3 is 2.22 bits per heavy atom.